The largest absolute Gasteiger partial charge is 0.496 e. The lowest BCUT2D eigenvalue weighted by molar-refractivity contribution is -0.129. The van der Waals surface area contributed by atoms with Crippen LogP contribution in [0.25, 0.3) is 0 Å². The Morgan fingerprint density at radius 1 is 1.04 bits per heavy atom. The van der Waals surface area contributed by atoms with Crippen LogP contribution in [-0.4, -0.2) is 32.2 Å². The Balaban J connectivity index is 1.98. The van der Waals surface area contributed by atoms with Gasteiger partial charge >= 0.3 is 5.97 Å². The van der Waals surface area contributed by atoms with Crippen LogP contribution in [0.2, 0.25) is 0 Å². The SMILES string of the molecule is COc1ccccc1CNC(=O)[C@H](C)OC(=O)c1cc(C)ccc1OC. The van der Waals surface area contributed by atoms with Gasteiger partial charge in [-0.25, -0.2) is 4.79 Å². The molecule has 0 spiro atoms. The predicted octanol–water partition coefficient (Wildman–Crippen LogP) is 2.87. The minimum absolute atomic E-state index is 0.276. The molecule has 0 radical (unpaired) electrons. The predicted molar refractivity (Wildman–Crippen MR) is 97.4 cm³/mol. The van der Waals surface area contributed by atoms with E-state index >= 15 is 0 Å². The molecular weight excluding hydrogens is 334 g/mol. The number of para-hydroxylation sites is 1. The summed E-state index contributed by atoms with van der Waals surface area (Å²) in [5, 5.41) is 2.74. The van der Waals surface area contributed by atoms with Gasteiger partial charge in [-0.3, -0.25) is 4.79 Å². The number of rotatable bonds is 7. The minimum atomic E-state index is -0.942. The van der Waals surface area contributed by atoms with E-state index in [0.717, 1.165) is 11.1 Å². The van der Waals surface area contributed by atoms with Gasteiger partial charge in [0.25, 0.3) is 5.91 Å². The molecule has 1 atom stereocenters. The minimum Gasteiger partial charge on any atom is -0.496 e. The molecule has 26 heavy (non-hydrogen) atoms. The fourth-order valence-corrected chi connectivity index (χ4v) is 2.43. The van der Waals surface area contributed by atoms with Crippen LogP contribution in [0.5, 0.6) is 11.5 Å². The molecule has 0 aliphatic heterocycles. The quantitative estimate of drug-likeness (QED) is 0.772. The summed E-state index contributed by atoms with van der Waals surface area (Å²) >= 11 is 0. The Morgan fingerprint density at radius 3 is 2.42 bits per heavy atom. The van der Waals surface area contributed by atoms with Gasteiger partial charge in [0, 0.05) is 12.1 Å². The highest BCUT2D eigenvalue weighted by Gasteiger charge is 2.21. The molecule has 138 valence electrons. The van der Waals surface area contributed by atoms with Gasteiger partial charge in [0.05, 0.1) is 14.2 Å². The smallest absolute Gasteiger partial charge is 0.342 e. The summed E-state index contributed by atoms with van der Waals surface area (Å²) in [5.41, 5.74) is 2.02. The standard InChI is InChI=1S/C20H23NO5/c1-13-9-10-18(25-4)16(11-13)20(23)26-14(2)19(22)21-12-15-7-5-6-8-17(15)24-3/h5-11,14H,12H2,1-4H3,(H,21,22)/t14-/m0/s1. The lowest BCUT2D eigenvalue weighted by Crippen LogP contribution is -2.35. The van der Waals surface area contributed by atoms with Crippen molar-refractivity contribution in [2.24, 2.45) is 0 Å². The van der Waals surface area contributed by atoms with Crippen molar-refractivity contribution in [1.82, 2.24) is 5.32 Å². The number of amides is 1. The molecule has 6 heteroatoms. The van der Waals surface area contributed by atoms with E-state index in [4.69, 9.17) is 14.2 Å². The Morgan fingerprint density at radius 2 is 1.73 bits per heavy atom. The molecule has 0 bridgehead atoms. The molecule has 6 nitrogen and oxygen atoms in total. The third kappa shape index (κ3) is 4.75. The first kappa shape index (κ1) is 19.3. The van der Waals surface area contributed by atoms with Gasteiger partial charge in [-0.1, -0.05) is 29.8 Å². The van der Waals surface area contributed by atoms with Gasteiger partial charge < -0.3 is 19.5 Å². The summed E-state index contributed by atoms with van der Waals surface area (Å²) in [6.45, 7) is 3.66. The third-order valence-electron chi connectivity index (χ3n) is 3.87. The second kappa shape index (κ2) is 8.89. The Bertz CT molecular complexity index is 788. The van der Waals surface area contributed by atoms with E-state index < -0.39 is 18.0 Å². The summed E-state index contributed by atoms with van der Waals surface area (Å²) in [7, 11) is 3.05. The average Bonchev–Trinajstić information content (AvgIpc) is 2.66. The van der Waals surface area contributed by atoms with Crippen LogP contribution in [-0.2, 0) is 16.1 Å². The molecule has 2 aromatic rings. The molecule has 0 unspecified atom stereocenters. The molecule has 0 saturated carbocycles. The number of aryl methyl sites for hydroxylation is 1. The number of ether oxygens (including phenoxy) is 3. The maximum Gasteiger partial charge on any atom is 0.342 e. The van der Waals surface area contributed by atoms with E-state index in [1.54, 1.807) is 19.2 Å². The Hall–Kier alpha value is -3.02. The van der Waals surface area contributed by atoms with Crippen molar-refractivity contribution in [1.29, 1.82) is 0 Å². The average molecular weight is 357 g/mol. The van der Waals surface area contributed by atoms with Crippen molar-refractivity contribution in [2.75, 3.05) is 14.2 Å². The zero-order valence-corrected chi connectivity index (χ0v) is 15.4. The van der Waals surface area contributed by atoms with Crippen molar-refractivity contribution >= 4 is 11.9 Å². The summed E-state index contributed by atoms with van der Waals surface area (Å²) in [5.74, 6) is 0.0885. The Labute approximate surface area is 153 Å². The first-order chi connectivity index (χ1) is 12.5. The fourth-order valence-electron chi connectivity index (χ4n) is 2.43. The molecule has 0 aliphatic carbocycles. The van der Waals surface area contributed by atoms with E-state index in [2.05, 4.69) is 5.32 Å². The highest BCUT2D eigenvalue weighted by atomic mass is 16.5. The maximum absolute atomic E-state index is 12.4. The lowest BCUT2D eigenvalue weighted by Gasteiger charge is -2.16. The van der Waals surface area contributed by atoms with Crippen molar-refractivity contribution in [3.05, 3.63) is 59.2 Å². The number of nitrogens with one attached hydrogen (secondary N) is 1. The topological polar surface area (TPSA) is 73.9 Å². The van der Waals surface area contributed by atoms with Crippen LogP contribution in [0.15, 0.2) is 42.5 Å². The van der Waals surface area contributed by atoms with Crippen molar-refractivity contribution in [3.8, 4) is 11.5 Å². The second-order valence-corrected chi connectivity index (χ2v) is 5.78. The fraction of sp³-hybridized carbons (Fsp3) is 0.300. The normalized spacial score (nSPS) is 11.4. The van der Waals surface area contributed by atoms with E-state index in [1.165, 1.54) is 14.0 Å². The van der Waals surface area contributed by atoms with Gasteiger partial charge in [-0.2, -0.15) is 0 Å². The van der Waals surface area contributed by atoms with E-state index in [1.807, 2.05) is 37.3 Å². The lowest BCUT2D eigenvalue weighted by atomic mass is 10.1. The van der Waals surface area contributed by atoms with E-state index in [9.17, 15) is 9.59 Å². The van der Waals surface area contributed by atoms with Crippen molar-refractivity contribution in [2.45, 2.75) is 26.5 Å². The molecule has 0 aromatic heterocycles. The molecule has 1 N–H and O–H groups in total. The number of esters is 1. The summed E-state index contributed by atoms with van der Waals surface area (Å²) in [4.78, 5) is 24.6. The monoisotopic (exact) mass is 357 g/mol. The van der Waals surface area contributed by atoms with Crippen LogP contribution >= 0.6 is 0 Å². The van der Waals surface area contributed by atoms with E-state index in [-0.39, 0.29) is 12.1 Å². The highest BCUT2D eigenvalue weighted by Crippen LogP contribution is 2.21. The number of hydrogen-bond donors (Lipinski definition) is 1. The number of benzene rings is 2. The van der Waals surface area contributed by atoms with Gasteiger partial charge in [0.15, 0.2) is 6.10 Å². The number of carbonyl (C=O) groups excluding carboxylic acids is 2. The maximum atomic E-state index is 12.4. The number of carbonyl (C=O) groups is 2. The van der Waals surface area contributed by atoms with Crippen LogP contribution in [0.3, 0.4) is 0 Å². The van der Waals surface area contributed by atoms with Gasteiger partial charge in [-0.15, -0.1) is 0 Å². The molecule has 2 aromatic carbocycles. The van der Waals surface area contributed by atoms with Crippen molar-refractivity contribution in [3.63, 3.8) is 0 Å². The van der Waals surface area contributed by atoms with E-state index in [0.29, 0.717) is 11.5 Å². The van der Waals surface area contributed by atoms with Gasteiger partial charge in [-0.05, 0) is 32.0 Å². The molecule has 0 aliphatic rings. The van der Waals surface area contributed by atoms with Crippen LogP contribution in [0, 0.1) is 6.92 Å². The summed E-state index contributed by atoms with van der Waals surface area (Å²) < 4.78 is 15.7. The highest BCUT2D eigenvalue weighted by molar-refractivity contribution is 5.94. The number of methoxy groups -OCH3 is 2. The summed E-state index contributed by atoms with van der Waals surface area (Å²) in [6.07, 6.45) is -0.942. The zero-order valence-electron chi connectivity index (χ0n) is 15.4. The first-order valence-electron chi connectivity index (χ1n) is 8.21. The first-order valence-corrected chi connectivity index (χ1v) is 8.21. The molecule has 0 saturated heterocycles. The molecule has 0 fully saturated rings. The van der Waals surface area contributed by atoms with Crippen LogP contribution in [0.4, 0.5) is 0 Å². The molecule has 0 heterocycles. The molecule has 1 amide bonds. The zero-order chi connectivity index (χ0) is 19.1. The van der Waals surface area contributed by atoms with Gasteiger partial charge in [0.1, 0.15) is 17.1 Å². The third-order valence-corrected chi connectivity index (χ3v) is 3.87. The number of hydrogen-bond acceptors (Lipinski definition) is 5. The Kier molecular flexibility index (Phi) is 6.60. The van der Waals surface area contributed by atoms with Crippen LogP contribution < -0.4 is 14.8 Å². The molecular formula is C20H23NO5. The second-order valence-electron chi connectivity index (χ2n) is 5.78. The molecule has 2 rings (SSSR count). The summed E-state index contributed by atoms with van der Waals surface area (Å²) in [6, 6.07) is 12.6. The van der Waals surface area contributed by atoms with Crippen molar-refractivity contribution < 1.29 is 23.8 Å². The van der Waals surface area contributed by atoms with Gasteiger partial charge in [0.2, 0.25) is 0 Å². The van der Waals surface area contributed by atoms with Crippen LogP contribution in [0.1, 0.15) is 28.4 Å².